The molecular weight excluding hydrogens is 354 g/mol. The molecule has 0 aliphatic heterocycles. The van der Waals surface area contributed by atoms with Crippen LogP contribution >= 0.6 is 0 Å². The Kier molecular flexibility index (Phi) is 9.72. The molecule has 0 fully saturated rings. The minimum Gasteiger partial charge on any atom is -0.497 e. The van der Waals surface area contributed by atoms with Crippen LogP contribution < -0.4 is 20.1 Å². The summed E-state index contributed by atoms with van der Waals surface area (Å²) < 4.78 is 16.4. The monoisotopic (exact) mass is 385 g/mol. The summed E-state index contributed by atoms with van der Waals surface area (Å²) in [7, 11) is 5.07. The van der Waals surface area contributed by atoms with Crippen LogP contribution in [0, 0.1) is 0 Å². The van der Waals surface area contributed by atoms with Crippen molar-refractivity contribution in [2.75, 3.05) is 34.4 Å². The fourth-order valence-corrected chi connectivity index (χ4v) is 2.70. The lowest BCUT2D eigenvalue weighted by Gasteiger charge is -2.14. The summed E-state index contributed by atoms with van der Waals surface area (Å²) in [6.07, 6.45) is 2.02. The highest BCUT2D eigenvalue weighted by atomic mass is 16.5. The number of guanidine groups is 1. The first-order chi connectivity index (χ1) is 13.8. The van der Waals surface area contributed by atoms with Crippen LogP contribution in [0.25, 0.3) is 0 Å². The molecule has 0 heterocycles. The number of aliphatic imine (C=N–C) groups is 1. The van der Waals surface area contributed by atoms with Gasteiger partial charge < -0.3 is 24.8 Å². The molecule has 6 heteroatoms. The van der Waals surface area contributed by atoms with Gasteiger partial charge in [-0.15, -0.1) is 0 Å². The SMILES string of the molecule is CN=C(NCCCCOCc1ccccc1)NCc1ccc(OC)cc1OC. The van der Waals surface area contributed by atoms with Crippen molar-refractivity contribution < 1.29 is 14.2 Å². The lowest BCUT2D eigenvalue weighted by atomic mass is 10.2. The summed E-state index contributed by atoms with van der Waals surface area (Å²) in [5.74, 6) is 2.33. The van der Waals surface area contributed by atoms with Gasteiger partial charge in [-0.2, -0.15) is 0 Å². The van der Waals surface area contributed by atoms with E-state index in [1.807, 2.05) is 36.4 Å². The van der Waals surface area contributed by atoms with Crippen LogP contribution in [-0.4, -0.2) is 40.4 Å². The smallest absolute Gasteiger partial charge is 0.191 e. The van der Waals surface area contributed by atoms with Gasteiger partial charge in [0.05, 0.1) is 20.8 Å². The lowest BCUT2D eigenvalue weighted by molar-refractivity contribution is 0.117. The molecule has 0 amide bonds. The number of nitrogens with zero attached hydrogens (tertiary/aromatic N) is 1. The van der Waals surface area contributed by atoms with E-state index in [-0.39, 0.29) is 0 Å². The molecule has 0 spiro atoms. The maximum Gasteiger partial charge on any atom is 0.191 e. The van der Waals surface area contributed by atoms with E-state index in [4.69, 9.17) is 14.2 Å². The zero-order chi connectivity index (χ0) is 20.0. The van der Waals surface area contributed by atoms with E-state index < -0.39 is 0 Å². The second kappa shape index (κ2) is 12.6. The largest absolute Gasteiger partial charge is 0.497 e. The number of hydrogen-bond acceptors (Lipinski definition) is 4. The van der Waals surface area contributed by atoms with E-state index in [9.17, 15) is 0 Å². The predicted octanol–water partition coefficient (Wildman–Crippen LogP) is 3.37. The Morgan fingerprint density at radius 2 is 1.79 bits per heavy atom. The molecule has 0 aliphatic rings. The van der Waals surface area contributed by atoms with E-state index in [0.29, 0.717) is 13.2 Å². The van der Waals surface area contributed by atoms with Gasteiger partial charge in [-0.3, -0.25) is 4.99 Å². The van der Waals surface area contributed by atoms with Gasteiger partial charge in [-0.25, -0.2) is 0 Å². The molecule has 0 bridgehead atoms. The maximum atomic E-state index is 5.71. The molecule has 28 heavy (non-hydrogen) atoms. The zero-order valence-corrected chi connectivity index (χ0v) is 17.0. The molecule has 0 aromatic heterocycles. The lowest BCUT2D eigenvalue weighted by Crippen LogP contribution is -2.37. The van der Waals surface area contributed by atoms with Gasteiger partial charge in [-0.1, -0.05) is 30.3 Å². The molecule has 0 saturated heterocycles. The van der Waals surface area contributed by atoms with Crippen molar-refractivity contribution in [3.05, 3.63) is 59.7 Å². The van der Waals surface area contributed by atoms with Crippen molar-refractivity contribution in [1.82, 2.24) is 10.6 Å². The Morgan fingerprint density at radius 3 is 2.50 bits per heavy atom. The zero-order valence-electron chi connectivity index (χ0n) is 17.0. The third kappa shape index (κ3) is 7.48. The van der Waals surface area contributed by atoms with Gasteiger partial charge in [-0.05, 0) is 30.5 Å². The third-order valence-electron chi connectivity index (χ3n) is 4.28. The van der Waals surface area contributed by atoms with Crippen LogP contribution in [0.2, 0.25) is 0 Å². The van der Waals surface area contributed by atoms with Crippen LogP contribution in [0.15, 0.2) is 53.5 Å². The fraction of sp³-hybridized carbons (Fsp3) is 0.409. The second-order valence-corrected chi connectivity index (χ2v) is 6.28. The van der Waals surface area contributed by atoms with Crippen molar-refractivity contribution in [2.45, 2.75) is 26.0 Å². The summed E-state index contributed by atoms with van der Waals surface area (Å²) >= 11 is 0. The normalized spacial score (nSPS) is 11.2. The third-order valence-corrected chi connectivity index (χ3v) is 4.28. The molecule has 2 aromatic rings. The number of unbranched alkanes of at least 4 members (excludes halogenated alkanes) is 1. The second-order valence-electron chi connectivity index (χ2n) is 6.28. The summed E-state index contributed by atoms with van der Waals surface area (Å²) in [4.78, 5) is 4.26. The Bertz CT molecular complexity index is 720. The summed E-state index contributed by atoms with van der Waals surface area (Å²) in [6, 6.07) is 16.0. The topological polar surface area (TPSA) is 64.1 Å². The molecule has 0 unspecified atom stereocenters. The highest BCUT2D eigenvalue weighted by Crippen LogP contribution is 2.24. The van der Waals surface area contributed by atoms with Crippen LogP contribution in [0.3, 0.4) is 0 Å². The molecule has 6 nitrogen and oxygen atoms in total. The van der Waals surface area contributed by atoms with Gasteiger partial charge in [0.2, 0.25) is 0 Å². The van der Waals surface area contributed by atoms with E-state index >= 15 is 0 Å². The van der Waals surface area contributed by atoms with Gasteiger partial charge in [0.25, 0.3) is 0 Å². The van der Waals surface area contributed by atoms with Gasteiger partial charge >= 0.3 is 0 Å². The fourth-order valence-electron chi connectivity index (χ4n) is 2.70. The molecule has 0 saturated carbocycles. The van der Waals surface area contributed by atoms with Crippen LogP contribution in [-0.2, 0) is 17.9 Å². The Labute approximate surface area is 167 Å². The molecule has 152 valence electrons. The van der Waals surface area contributed by atoms with Gasteiger partial charge in [0, 0.05) is 38.4 Å². The summed E-state index contributed by atoms with van der Waals surface area (Å²) in [6.45, 7) is 2.88. The Balaban J connectivity index is 1.62. The summed E-state index contributed by atoms with van der Waals surface area (Å²) in [5, 5.41) is 6.63. The first kappa shape index (κ1) is 21.6. The quantitative estimate of drug-likeness (QED) is 0.353. The number of hydrogen-bond donors (Lipinski definition) is 2. The predicted molar refractivity (Wildman–Crippen MR) is 113 cm³/mol. The highest BCUT2D eigenvalue weighted by molar-refractivity contribution is 5.79. The average Bonchev–Trinajstić information content (AvgIpc) is 2.75. The van der Waals surface area contributed by atoms with E-state index in [0.717, 1.165) is 49.0 Å². The molecule has 0 atom stereocenters. The van der Waals surface area contributed by atoms with Crippen molar-refractivity contribution in [2.24, 2.45) is 4.99 Å². The molecule has 0 radical (unpaired) electrons. The van der Waals surface area contributed by atoms with Gasteiger partial charge in [0.15, 0.2) is 5.96 Å². The summed E-state index contributed by atoms with van der Waals surface area (Å²) in [5.41, 5.74) is 2.25. The van der Waals surface area contributed by atoms with E-state index in [2.05, 4.69) is 27.8 Å². The van der Waals surface area contributed by atoms with Crippen molar-refractivity contribution in [3.63, 3.8) is 0 Å². The van der Waals surface area contributed by atoms with Crippen molar-refractivity contribution in [1.29, 1.82) is 0 Å². The minimum atomic E-state index is 0.618. The van der Waals surface area contributed by atoms with Crippen molar-refractivity contribution >= 4 is 5.96 Å². The molecule has 0 aliphatic carbocycles. The molecular formula is C22H31N3O3. The number of rotatable bonds is 11. The molecule has 2 aromatic carbocycles. The Morgan fingerprint density at radius 1 is 0.964 bits per heavy atom. The first-order valence-electron chi connectivity index (χ1n) is 9.54. The van der Waals surface area contributed by atoms with Crippen molar-refractivity contribution in [3.8, 4) is 11.5 Å². The average molecular weight is 386 g/mol. The first-order valence-corrected chi connectivity index (χ1v) is 9.54. The van der Waals surface area contributed by atoms with Gasteiger partial charge in [0.1, 0.15) is 11.5 Å². The molecule has 2 rings (SSSR count). The number of methoxy groups -OCH3 is 2. The number of benzene rings is 2. The van der Waals surface area contributed by atoms with Crippen LogP contribution in [0.4, 0.5) is 0 Å². The number of ether oxygens (including phenoxy) is 3. The van der Waals surface area contributed by atoms with E-state index in [1.165, 1.54) is 5.56 Å². The highest BCUT2D eigenvalue weighted by Gasteiger charge is 2.06. The minimum absolute atomic E-state index is 0.618. The number of nitrogens with one attached hydrogen (secondary N) is 2. The van der Waals surface area contributed by atoms with E-state index in [1.54, 1.807) is 21.3 Å². The van der Waals surface area contributed by atoms with Crippen LogP contribution in [0.1, 0.15) is 24.0 Å². The Hall–Kier alpha value is -2.73. The maximum absolute atomic E-state index is 5.71. The molecule has 2 N–H and O–H groups in total. The van der Waals surface area contributed by atoms with Crippen LogP contribution in [0.5, 0.6) is 11.5 Å². The standard InChI is InChI=1S/C22H31N3O3/c1-23-22(25-16-19-11-12-20(26-2)15-21(19)27-3)24-13-7-8-14-28-17-18-9-5-4-6-10-18/h4-6,9-12,15H,7-8,13-14,16-17H2,1-3H3,(H2,23,24,25).